The second kappa shape index (κ2) is 5.99. The van der Waals surface area contributed by atoms with E-state index in [4.69, 9.17) is 16.3 Å². The number of halogens is 2. The van der Waals surface area contributed by atoms with Gasteiger partial charge in [-0.3, -0.25) is 15.1 Å². The van der Waals surface area contributed by atoms with Crippen LogP contribution in [0, 0.1) is 10.1 Å². The molecule has 0 bridgehead atoms. The van der Waals surface area contributed by atoms with E-state index in [1.54, 1.807) is 18.3 Å². The molecule has 0 fully saturated rings. The smallest absolute Gasteiger partial charge is 0.277 e. The molecule has 0 aliphatic rings. The molecule has 1 aromatic carbocycles. The molecular weight excluding hydrogens is 335 g/mol. The van der Waals surface area contributed by atoms with Crippen LogP contribution in [0.15, 0.2) is 41.1 Å². The first-order valence-corrected chi connectivity index (χ1v) is 6.40. The van der Waals surface area contributed by atoms with Gasteiger partial charge in [0.25, 0.3) is 5.69 Å². The highest BCUT2D eigenvalue weighted by Crippen LogP contribution is 2.27. The van der Waals surface area contributed by atoms with Gasteiger partial charge in [-0.25, -0.2) is 0 Å². The monoisotopic (exact) mass is 342 g/mol. The molecule has 1 aromatic heterocycles. The number of benzene rings is 1. The molecule has 0 atom stereocenters. The highest BCUT2D eigenvalue weighted by molar-refractivity contribution is 9.10. The maximum absolute atomic E-state index is 10.9. The van der Waals surface area contributed by atoms with Gasteiger partial charge in [0, 0.05) is 16.7 Å². The summed E-state index contributed by atoms with van der Waals surface area (Å²) in [6.07, 6.45) is 3.14. The molecule has 0 radical (unpaired) electrons. The summed E-state index contributed by atoms with van der Waals surface area (Å²) in [5.74, 6) is 0.503. The van der Waals surface area contributed by atoms with Crippen molar-refractivity contribution in [2.75, 3.05) is 0 Å². The van der Waals surface area contributed by atoms with Crippen molar-refractivity contribution in [2.24, 2.45) is 0 Å². The Morgan fingerprint density at radius 3 is 2.89 bits per heavy atom. The fourth-order valence-electron chi connectivity index (χ4n) is 1.49. The fraction of sp³-hybridized carbons (Fsp3) is 0.0833. The van der Waals surface area contributed by atoms with E-state index < -0.39 is 4.92 Å². The Bertz CT molecular complexity index is 622. The minimum absolute atomic E-state index is 0.00806. The van der Waals surface area contributed by atoms with Gasteiger partial charge in [-0.2, -0.15) is 0 Å². The lowest BCUT2D eigenvalue weighted by Crippen LogP contribution is -2.01. The average molecular weight is 344 g/mol. The van der Waals surface area contributed by atoms with E-state index in [2.05, 4.69) is 20.9 Å². The number of nitro groups is 1. The first kappa shape index (κ1) is 13.8. The van der Waals surface area contributed by atoms with E-state index >= 15 is 0 Å². The van der Waals surface area contributed by atoms with Gasteiger partial charge in [-0.05, 0) is 28.1 Å². The Labute approximate surface area is 122 Å². The van der Waals surface area contributed by atoms with Gasteiger partial charge in [0.2, 0.25) is 0 Å². The van der Waals surface area contributed by atoms with Crippen LogP contribution >= 0.6 is 27.5 Å². The first-order chi connectivity index (χ1) is 9.08. The molecule has 2 rings (SSSR count). The molecule has 0 aliphatic heterocycles. The van der Waals surface area contributed by atoms with Gasteiger partial charge >= 0.3 is 0 Å². The van der Waals surface area contributed by atoms with Gasteiger partial charge in [-0.1, -0.05) is 17.7 Å². The lowest BCUT2D eigenvalue weighted by Gasteiger charge is -2.08. The molecular formula is C12H8BrClN2O3. The van der Waals surface area contributed by atoms with Crippen LogP contribution in [0.25, 0.3) is 0 Å². The molecule has 0 amide bonds. The molecule has 0 aliphatic carbocycles. The third-order valence-electron chi connectivity index (χ3n) is 2.35. The maximum Gasteiger partial charge on any atom is 0.277 e. The molecule has 0 N–H and O–H groups in total. The lowest BCUT2D eigenvalue weighted by atomic mass is 10.2. The van der Waals surface area contributed by atoms with E-state index in [0.717, 1.165) is 4.47 Å². The maximum atomic E-state index is 10.9. The Morgan fingerprint density at radius 2 is 2.21 bits per heavy atom. The Hall–Kier alpha value is -1.66. The van der Waals surface area contributed by atoms with E-state index in [1.807, 2.05) is 0 Å². The number of pyridine rings is 1. The van der Waals surface area contributed by atoms with Crippen molar-refractivity contribution < 1.29 is 9.66 Å². The van der Waals surface area contributed by atoms with E-state index in [-0.39, 0.29) is 12.3 Å². The number of rotatable bonds is 4. The molecule has 19 heavy (non-hydrogen) atoms. The summed E-state index contributed by atoms with van der Waals surface area (Å²) in [6, 6.07) is 6.23. The zero-order valence-electron chi connectivity index (χ0n) is 9.55. The molecule has 0 saturated carbocycles. The molecule has 1 heterocycles. The zero-order valence-corrected chi connectivity index (χ0v) is 11.9. The Morgan fingerprint density at radius 1 is 1.42 bits per heavy atom. The number of ether oxygens (including phenoxy) is 1. The summed E-state index contributed by atoms with van der Waals surface area (Å²) < 4.78 is 6.23. The van der Waals surface area contributed by atoms with Crippen molar-refractivity contribution in [2.45, 2.75) is 6.61 Å². The van der Waals surface area contributed by atoms with Crippen LogP contribution < -0.4 is 4.74 Å². The predicted molar refractivity (Wildman–Crippen MR) is 74.4 cm³/mol. The highest BCUT2D eigenvalue weighted by Gasteiger charge is 2.17. The van der Waals surface area contributed by atoms with Crippen molar-refractivity contribution >= 4 is 33.2 Å². The van der Waals surface area contributed by atoms with Gasteiger partial charge in [-0.15, -0.1) is 0 Å². The van der Waals surface area contributed by atoms with Crippen molar-refractivity contribution in [3.63, 3.8) is 0 Å². The minimum Gasteiger partial charge on any atom is -0.487 e. The van der Waals surface area contributed by atoms with Crippen molar-refractivity contribution in [3.05, 3.63) is 61.8 Å². The lowest BCUT2D eigenvalue weighted by molar-refractivity contribution is -0.385. The summed E-state index contributed by atoms with van der Waals surface area (Å²) >= 11 is 9.23. The molecule has 98 valence electrons. The van der Waals surface area contributed by atoms with Gasteiger partial charge in [0.1, 0.15) is 12.4 Å². The fourth-order valence-corrected chi connectivity index (χ4v) is 2.06. The summed E-state index contributed by atoms with van der Waals surface area (Å²) in [5, 5.41) is 11.2. The number of aromatic nitrogens is 1. The van der Waals surface area contributed by atoms with Crippen LogP contribution in [-0.2, 0) is 6.61 Å². The Kier molecular flexibility index (Phi) is 4.34. The summed E-state index contributed by atoms with van der Waals surface area (Å²) in [4.78, 5) is 14.4. The number of nitrogens with zero attached hydrogens (tertiary/aromatic N) is 2. The van der Waals surface area contributed by atoms with Gasteiger partial charge < -0.3 is 4.74 Å². The quantitative estimate of drug-likeness (QED) is 0.622. The van der Waals surface area contributed by atoms with E-state index in [1.165, 1.54) is 18.3 Å². The van der Waals surface area contributed by atoms with Crippen LogP contribution in [0.3, 0.4) is 0 Å². The first-order valence-electron chi connectivity index (χ1n) is 5.23. The highest BCUT2D eigenvalue weighted by atomic mass is 79.9. The van der Waals surface area contributed by atoms with Crippen molar-refractivity contribution in [3.8, 4) is 5.75 Å². The summed E-state index contributed by atoms with van der Waals surface area (Å²) in [7, 11) is 0. The van der Waals surface area contributed by atoms with Crippen molar-refractivity contribution in [1.82, 2.24) is 4.98 Å². The van der Waals surface area contributed by atoms with Crippen LogP contribution in [0.1, 0.15) is 5.56 Å². The largest absolute Gasteiger partial charge is 0.487 e. The van der Waals surface area contributed by atoms with Crippen molar-refractivity contribution in [1.29, 1.82) is 0 Å². The molecule has 7 heteroatoms. The molecule has 5 nitrogen and oxygen atoms in total. The Balaban J connectivity index is 2.22. The average Bonchev–Trinajstić information content (AvgIpc) is 2.37. The number of hydrogen-bond donors (Lipinski definition) is 0. The van der Waals surface area contributed by atoms with Crippen LogP contribution in [0.2, 0.25) is 5.02 Å². The SMILES string of the molecule is O=[N+]([O-])c1cccc(Cl)c1COc1cncc(Br)c1. The van der Waals surface area contributed by atoms with Gasteiger partial charge in [0.05, 0.1) is 21.7 Å². The number of nitro benzene ring substituents is 1. The topological polar surface area (TPSA) is 65.3 Å². The van der Waals surface area contributed by atoms with E-state index in [9.17, 15) is 10.1 Å². The van der Waals surface area contributed by atoms with Crippen LogP contribution in [0.5, 0.6) is 5.75 Å². The molecule has 0 saturated heterocycles. The van der Waals surface area contributed by atoms with Crippen LogP contribution in [-0.4, -0.2) is 9.91 Å². The third-order valence-corrected chi connectivity index (χ3v) is 3.14. The third kappa shape index (κ3) is 3.42. The van der Waals surface area contributed by atoms with E-state index in [0.29, 0.717) is 16.3 Å². The predicted octanol–water partition coefficient (Wildman–Crippen LogP) is 3.98. The summed E-state index contributed by atoms with van der Waals surface area (Å²) in [5.41, 5.74) is 0.282. The standard InChI is InChI=1S/C12H8BrClN2O3/c13-8-4-9(6-15-5-8)19-7-10-11(14)2-1-3-12(10)16(17)18/h1-6H,7H2. The second-order valence-corrected chi connectivity index (χ2v) is 4.95. The van der Waals surface area contributed by atoms with Crippen LogP contribution in [0.4, 0.5) is 5.69 Å². The van der Waals surface area contributed by atoms with Gasteiger partial charge in [0.15, 0.2) is 0 Å². The zero-order chi connectivity index (χ0) is 13.8. The molecule has 0 unspecified atom stereocenters. The molecule has 2 aromatic rings. The molecule has 0 spiro atoms. The second-order valence-electron chi connectivity index (χ2n) is 3.62. The number of hydrogen-bond acceptors (Lipinski definition) is 4. The minimum atomic E-state index is -0.482. The summed E-state index contributed by atoms with van der Waals surface area (Å²) in [6.45, 7) is 0.00806. The normalized spacial score (nSPS) is 10.2.